The topological polar surface area (TPSA) is 89.4 Å². The number of amides is 2. The molecule has 1 fully saturated rings. The van der Waals surface area contributed by atoms with Gasteiger partial charge >= 0.3 is 0 Å². The molecule has 160 valence electrons. The average molecular weight is 419 g/mol. The van der Waals surface area contributed by atoms with Crippen LogP contribution in [0.1, 0.15) is 19.3 Å². The lowest BCUT2D eigenvalue weighted by molar-refractivity contribution is -0.141. The fourth-order valence-corrected chi connectivity index (χ4v) is 3.85. The van der Waals surface area contributed by atoms with Crippen molar-refractivity contribution in [2.24, 2.45) is 0 Å². The zero-order valence-corrected chi connectivity index (χ0v) is 17.4. The highest BCUT2D eigenvalue weighted by Gasteiger charge is 2.32. The van der Waals surface area contributed by atoms with E-state index < -0.39 is 6.04 Å². The van der Waals surface area contributed by atoms with Gasteiger partial charge in [0, 0.05) is 12.2 Å². The molecule has 0 aliphatic carbocycles. The summed E-state index contributed by atoms with van der Waals surface area (Å²) in [7, 11) is 1.63. The predicted octanol–water partition coefficient (Wildman–Crippen LogP) is 2.97. The first kappa shape index (κ1) is 20.6. The minimum atomic E-state index is -0.495. The second-order valence-electron chi connectivity index (χ2n) is 7.49. The molecule has 3 aromatic rings. The number of nitrogens with zero attached hydrogens (tertiary/aromatic N) is 4. The van der Waals surface area contributed by atoms with Crippen molar-refractivity contribution in [2.75, 3.05) is 19.0 Å². The van der Waals surface area contributed by atoms with Crippen LogP contribution >= 0.6 is 0 Å². The number of methoxy groups -OCH3 is 1. The van der Waals surface area contributed by atoms with Gasteiger partial charge in [0.25, 0.3) is 0 Å². The Morgan fingerprint density at radius 2 is 1.94 bits per heavy atom. The number of anilines is 1. The van der Waals surface area contributed by atoms with Crippen LogP contribution in [0.15, 0.2) is 61.2 Å². The fourth-order valence-electron chi connectivity index (χ4n) is 3.85. The first-order valence-electron chi connectivity index (χ1n) is 10.3. The summed E-state index contributed by atoms with van der Waals surface area (Å²) in [5, 5.41) is 6.98. The summed E-state index contributed by atoms with van der Waals surface area (Å²) >= 11 is 0. The van der Waals surface area contributed by atoms with Crippen molar-refractivity contribution in [3.05, 3.63) is 61.2 Å². The van der Waals surface area contributed by atoms with Crippen LogP contribution in [0.25, 0.3) is 11.1 Å². The third-order valence-corrected chi connectivity index (χ3v) is 5.42. The average Bonchev–Trinajstić information content (AvgIpc) is 3.32. The van der Waals surface area contributed by atoms with E-state index >= 15 is 0 Å². The van der Waals surface area contributed by atoms with E-state index in [1.807, 2.05) is 48.5 Å². The number of carbonyl (C=O) groups is 2. The minimum absolute atomic E-state index is 0.0785. The molecule has 1 N–H and O–H groups in total. The second kappa shape index (κ2) is 9.42. The summed E-state index contributed by atoms with van der Waals surface area (Å²) < 4.78 is 6.78. The summed E-state index contributed by atoms with van der Waals surface area (Å²) in [6, 6.07) is 14.9. The first-order chi connectivity index (χ1) is 15.1. The SMILES string of the molecule is COc1cccc(-c2cccc(NC(=O)C3CCCCN3C(=O)Cn3cncn3)c2)c1. The quantitative estimate of drug-likeness (QED) is 0.664. The highest BCUT2D eigenvalue weighted by Crippen LogP contribution is 2.27. The Balaban J connectivity index is 1.48. The Hall–Kier alpha value is -3.68. The van der Waals surface area contributed by atoms with Crippen LogP contribution in [0.2, 0.25) is 0 Å². The molecule has 1 unspecified atom stereocenters. The van der Waals surface area contributed by atoms with E-state index in [1.54, 1.807) is 12.0 Å². The van der Waals surface area contributed by atoms with E-state index in [0.29, 0.717) is 18.7 Å². The maximum Gasteiger partial charge on any atom is 0.247 e. The molecule has 0 bridgehead atoms. The molecular weight excluding hydrogens is 394 g/mol. The summed E-state index contributed by atoms with van der Waals surface area (Å²) in [5.74, 6) is 0.473. The van der Waals surface area contributed by atoms with Crippen molar-refractivity contribution >= 4 is 17.5 Å². The zero-order chi connectivity index (χ0) is 21.6. The molecule has 8 heteroatoms. The third-order valence-electron chi connectivity index (χ3n) is 5.42. The number of nitrogens with one attached hydrogen (secondary N) is 1. The summed E-state index contributed by atoms with van der Waals surface area (Å²) in [6.45, 7) is 0.643. The number of aromatic nitrogens is 3. The summed E-state index contributed by atoms with van der Waals surface area (Å²) in [5.41, 5.74) is 2.66. The van der Waals surface area contributed by atoms with E-state index in [2.05, 4.69) is 15.4 Å². The molecule has 2 aromatic carbocycles. The van der Waals surface area contributed by atoms with Crippen LogP contribution in [0, 0.1) is 0 Å². The second-order valence-corrected chi connectivity index (χ2v) is 7.49. The van der Waals surface area contributed by atoms with Crippen LogP contribution in [-0.4, -0.2) is 51.2 Å². The highest BCUT2D eigenvalue weighted by atomic mass is 16.5. The summed E-state index contributed by atoms with van der Waals surface area (Å²) in [4.78, 5) is 31.4. The van der Waals surface area contributed by atoms with Gasteiger partial charge in [-0.25, -0.2) is 9.67 Å². The Morgan fingerprint density at radius 1 is 1.13 bits per heavy atom. The Labute approximate surface area is 180 Å². The smallest absolute Gasteiger partial charge is 0.247 e. The Morgan fingerprint density at radius 3 is 2.71 bits per heavy atom. The van der Waals surface area contributed by atoms with Crippen molar-refractivity contribution in [1.29, 1.82) is 0 Å². The Kier molecular flexibility index (Phi) is 6.26. The molecule has 1 saturated heterocycles. The fraction of sp³-hybridized carbons (Fsp3) is 0.304. The van der Waals surface area contributed by atoms with Gasteiger partial charge in [0.1, 0.15) is 31.0 Å². The van der Waals surface area contributed by atoms with Crippen molar-refractivity contribution in [3.8, 4) is 16.9 Å². The van der Waals surface area contributed by atoms with Crippen LogP contribution < -0.4 is 10.1 Å². The number of carbonyl (C=O) groups excluding carboxylic acids is 2. The molecule has 0 spiro atoms. The third kappa shape index (κ3) is 4.91. The lowest BCUT2D eigenvalue weighted by Crippen LogP contribution is -2.51. The van der Waals surface area contributed by atoms with Gasteiger partial charge in [0.15, 0.2) is 0 Å². The van der Waals surface area contributed by atoms with E-state index in [1.165, 1.54) is 17.3 Å². The summed E-state index contributed by atoms with van der Waals surface area (Å²) in [6.07, 6.45) is 5.34. The van der Waals surface area contributed by atoms with Gasteiger partial charge in [-0.05, 0) is 54.7 Å². The number of piperidine rings is 1. The molecule has 4 rings (SSSR count). The van der Waals surface area contributed by atoms with Crippen LogP contribution in [0.5, 0.6) is 5.75 Å². The lowest BCUT2D eigenvalue weighted by atomic mass is 10.0. The monoisotopic (exact) mass is 419 g/mol. The molecule has 1 aliphatic rings. The number of benzene rings is 2. The molecule has 0 radical (unpaired) electrons. The minimum Gasteiger partial charge on any atom is -0.497 e. The van der Waals surface area contributed by atoms with Crippen LogP contribution in [0.4, 0.5) is 5.69 Å². The zero-order valence-electron chi connectivity index (χ0n) is 17.4. The van der Waals surface area contributed by atoms with Crippen LogP contribution in [-0.2, 0) is 16.1 Å². The number of hydrogen-bond acceptors (Lipinski definition) is 5. The molecule has 8 nitrogen and oxygen atoms in total. The van der Waals surface area contributed by atoms with E-state index in [0.717, 1.165) is 29.7 Å². The molecule has 2 amide bonds. The van der Waals surface area contributed by atoms with E-state index in [-0.39, 0.29) is 18.4 Å². The number of ether oxygens (including phenoxy) is 1. The normalized spacial score (nSPS) is 16.0. The van der Waals surface area contributed by atoms with Gasteiger partial charge in [-0.3, -0.25) is 9.59 Å². The number of rotatable bonds is 6. The Bertz CT molecular complexity index is 1050. The molecule has 31 heavy (non-hydrogen) atoms. The van der Waals surface area contributed by atoms with Gasteiger partial charge in [0.05, 0.1) is 7.11 Å². The molecular formula is C23H25N5O3. The van der Waals surface area contributed by atoms with Gasteiger partial charge < -0.3 is 15.0 Å². The number of likely N-dealkylation sites (tertiary alicyclic amines) is 1. The van der Waals surface area contributed by atoms with E-state index in [4.69, 9.17) is 4.74 Å². The number of hydrogen-bond donors (Lipinski definition) is 1. The molecule has 1 atom stereocenters. The molecule has 2 heterocycles. The first-order valence-corrected chi connectivity index (χ1v) is 10.3. The van der Waals surface area contributed by atoms with E-state index in [9.17, 15) is 9.59 Å². The maximum atomic E-state index is 13.1. The van der Waals surface area contributed by atoms with Crippen molar-refractivity contribution in [2.45, 2.75) is 31.8 Å². The highest BCUT2D eigenvalue weighted by molar-refractivity contribution is 5.97. The molecule has 1 aliphatic heterocycles. The molecule has 1 aromatic heterocycles. The maximum absolute atomic E-state index is 13.1. The van der Waals surface area contributed by atoms with Gasteiger partial charge in [-0.2, -0.15) is 5.10 Å². The predicted molar refractivity (Wildman–Crippen MR) is 116 cm³/mol. The largest absolute Gasteiger partial charge is 0.497 e. The van der Waals surface area contributed by atoms with Gasteiger partial charge in [-0.1, -0.05) is 24.3 Å². The van der Waals surface area contributed by atoms with Crippen molar-refractivity contribution < 1.29 is 14.3 Å². The van der Waals surface area contributed by atoms with Gasteiger partial charge in [0.2, 0.25) is 11.8 Å². The van der Waals surface area contributed by atoms with Crippen molar-refractivity contribution in [1.82, 2.24) is 19.7 Å². The van der Waals surface area contributed by atoms with Gasteiger partial charge in [-0.15, -0.1) is 0 Å². The standard InChI is InChI=1S/C23H25N5O3/c1-31-20-9-5-7-18(13-20)17-6-4-8-19(12-17)26-23(30)21-10-2-3-11-28(21)22(29)14-27-16-24-15-25-27/h4-9,12-13,15-16,21H,2-3,10-11,14H2,1H3,(H,26,30). The van der Waals surface area contributed by atoms with Crippen LogP contribution in [0.3, 0.4) is 0 Å². The lowest BCUT2D eigenvalue weighted by Gasteiger charge is -2.34. The van der Waals surface area contributed by atoms with Crippen molar-refractivity contribution in [3.63, 3.8) is 0 Å². The molecule has 0 saturated carbocycles.